The second-order valence-electron chi connectivity index (χ2n) is 6.78. The molecule has 2 rings (SSSR count). The fourth-order valence-corrected chi connectivity index (χ4v) is 2.95. The summed E-state index contributed by atoms with van der Waals surface area (Å²) in [6.07, 6.45) is 0.820. The summed E-state index contributed by atoms with van der Waals surface area (Å²) in [5.74, 6) is -0.583. The molecule has 0 aromatic heterocycles. The maximum absolute atomic E-state index is 13.8. The number of halogens is 1. The molecule has 1 saturated heterocycles. The van der Waals surface area contributed by atoms with Gasteiger partial charge in [0.25, 0.3) is 0 Å². The third-order valence-corrected chi connectivity index (χ3v) is 4.56. The van der Waals surface area contributed by atoms with Crippen molar-refractivity contribution in [2.24, 2.45) is 0 Å². The van der Waals surface area contributed by atoms with Gasteiger partial charge in [-0.2, -0.15) is 0 Å². The Morgan fingerprint density at radius 1 is 1.32 bits per heavy atom. The number of benzene rings is 1. The molecule has 25 heavy (non-hydrogen) atoms. The number of β-amino-alcohol motifs (C(OH)–C–C–N with tert-alkyl or cyclic N) is 1. The number of aliphatic hydroxyl groups excluding tert-OH is 1. The first-order valence-corrected chi connectivity index (χ1v) is 8.64. The normalized spacial score (nSPS) is 18.2. The minimum Gasteiger partial charge on any atom is -0.390 e. The van der Waals surface area contributed by atoms with E-state index in [0.29, 0.717) is 17.7 Å². The summed E-state index contributed by atoms with van der Waals surface area (Å²) in [7, 11) is 3.74. The molecule has 1 heterocycles. The Morgan fingerprint density at radius 3 is 2.60 bits per heavy atom. The van der Waals surface area contributed by atoms with Crippen LogP contribution in [0.3, 0.4) is 0 Å². The Balaban J connectivity index is 1.87. The van der Waals surface area contributed by atoms with Gasteiger partial charge in [-0.1, -0.05) is 18.2 Å². The average Bonchev–Trinajstić information content (AvgIpc) is 2.57. The van der Waals surface area contributed by atoms with Crippen molar-refractivity contribution in [3.8, 4) is 0 Å². The Hall–Kier alpha value is -1.76. The van der Waals surface area contributed by atoms with Gasteiger partial charge in [-0.15, -0.1) is 0 Å². The highest BCUT2D eigenvalue weighted by molar-refractivity contribution is 5.94. The Labute approximate surface area is 149 Å². The fourth-order valence-electron chi connectivity index (χ4n) is 2.95. The number of likely N-dealkylation sites (N-methyl/N-ethyl adjacent to an activating group) is 2. The fraction of sp³-hybridized carbons (Fsp3) is 0.526. The standard InChI is InChI=1S/C19H28FN3O2/c1-15(17-6-4-5-7-18(17)20)12-19(25)22(3)13-16(24)14-23-10-8-21(2)9-11-23/h4-7,12,16,24H,8-11,13-14H2,1-3H3/b15-12-. The highest BCUT2D eigenvalue weighted by Crippen LogP contribution is 2.17. The van der Waals surface area contributed by atoms with Crippen molar-refractivity contribution in [2.45, 2.75) is 13.0 Å². The van der Waals surface area contributed by atoms with Crippen LogP contribution in [0.2, 0.25) is 0 Å². The minimum absolute atomic E-state index is 0.238. The second kappa shape index (κ2) is 9.08. The smallest absolute Gasteiger partial charge is 0.246 e. The molecule has 5 nitrogen and oxygen atoms in total. The number of allylic oxidation sites excluding steroid dienone is 1. The molecule has 1 amide bonds. The van der Waals surface area contributed by atoms with Crippen molar-refractivity contribution in [1.29, 1.82) is 0 Å². The lowest BCUT2D eigenvalue weighted by atomic mass is 10.1. The molecule has 1 atom stereocenters. The Kier molecular flexibility index (Phi) is 7.11. The molecular weight excluding hydrogens is 321 g/mol. The van der Waals surface area contributed by atoms with E-state index in [1.807, 2.05) is 0 Å². The number of aliphatic hydroxyl groups is 1. The summed E-state index contributed by atoms with van der Waals surface area (Å²) in [6.45, 7) is 6.37. The van der Waals surface area contributed by atoms with E-state index >= 15 is 0 Å². The molecule has 1 aliphatic heterocycles. The van der Waals surface area contributed by atoms with Gasteiger partial charge in [0, 0.05) is 58.0 Å². The van der Waals surface area contributed by atoms with E-state index in [4.69, 9.17) is 0 Å². The van der Waals surface area contributed by atoms with Crippen molar-refractivity contribution in [1.82, 2.24) is 14.7 Å². The largest absolute Gasteiger partial charge is 0.390 e. The topological polar surface area (TPSA) is 47.0 Å². The molecule has 1 aromatic carbocycles. The van der Waals surface area contributed by atoms with Gasteiger partial charge in [-0.25, -0.2) is 4.39 Å². The van der Waals surface area contributed by atoms with E-state index in [1.165, 1.54) is 17.0 Å². The molecule has 6 heteroatoms. The zero-order valence-corrected chi connectivity index (χ0v) is 15.3. The van der Waals surface area contributed by atoms with E-state index in [-0.39, 0.29) is 18.3 Å². The molecule has 0 bridgehead atoms. The number of carbonyl (C=O) groups excluding carboxylic acids is 1. The molecule has 0 saturated carbocycles. The van der Waals surface area contributed by atoms with E-state index < -0.39 is 6.10 Å². The Morgan fingerprint density at radius 2 is 1.96 bits per heavy atom. The third-order valence-electron chi connectivity index (χ3n) is 4.56. The molecule has 1 aromatic rings. The molecule has 1 N–H and O–H groups in total. The Bertz CT molecular complexity index is 612. The number of rotatable bonds is 6. The van der Waals surface area contributed by atoms with Crippen LogP contribution in [0, 0.1) is 5.82 Å². The highest BCUT2D eigenvalue weighted by Gasteiger charge is 2.19. The summed E-state index contributed by atoms with van der Waals surface area (Å²) in [6, 6.07) is 6.38. The molecular formula is C19H28FN3O2. The van der Waals surface area contributed by atoms with Gasteiger partial charge < -0.3 is 14.9 Å². The van der Waals surface area contributed by atoms with Crippen LogP contribution in [0.25, 0.3) is 5.57 Å². The molecule has 0 radical (unpaired) electrons. The summed E-state index contributed by atoms with van der Waals surface area (Å²) in [5, 5.41) is 10.3. The average molecular weight is 349 g/mol. The van der Waals surface area contributed by atoms with Crippen LogP contribution < -0.4 is 0 Å². The first-order chi connectivity index (χ1) is 11.9. The maximum atomic E-state index is 13.8. The lowest BCUT2D eigenvalue weighted by Crippen LogP contribution is -2.48. The van der Waals surface area contributed by atoms with Crippen molar-refractivity contribution in [3.63, 3.8) is 0 Å². The number of amides is 1. The summed E-state index contributed by atoms with van der Waals surface area (Å²) < 4.78 is 13.8. The van der Waals surface area contributed by atoms with Crippen molar-refractivity contribution in [2.75, 3.05) is 53.4 Å². The van der Waals surface area contributed by atoms with Gasteiger partial charge in [0.2, 0.25) is 5.91 Å². The van der Waals surface area contributed by atoms with Gasteiger partial charge in [-0.05, 0) is 25.6 Å². The zero-order chi connectivity index (χ0) is 18.4. The van der Waals surface area contributed by atoms with E-state index in [0.717, 1.165) is 26.2 Å². The predicted octanol–water partition coefficient (Wildman–Crippen LogP) is 1.30. The van der Waals surface area contributed by atoms with Gasteiger partial charge in [0.15, 0.2) is 0 Å². The van der Waals surface area contributed by atoms with E-state index in [1.54, 1.807) is 32.2 Å². The highest BCUT2D eigenvalue weighted by atomic mass is 19.1. The number of nitrogens with zero attached hydrogens (tertiary/aromatic N) is 3. The first kappa shape index (κ1) is 19.6. The van der Waals surface area contributed by atoms with Crippen LogP contribution >= 0.6 is 0 Å². The lowest BCUT2D eigenvalue weighted by Gasteiger charge is -2.34. The summed E-state index contributed by atoms with van der Waals surface area (Å²) in [4.78, 5) is 18.3. The van der Waals surface area contributed by atoms with E-state index in [2.05, 4.69) is 16.8 Å². The van der Waals surface area contributed by atoms with Gasteiger partial charge in [0.1, 0.15) is 5.82 Å². The summed E-state index contributed by atoms with van der Waals surface area (Å²) in [5.41, 5.74) is 0.991. The zero-order valence-electron chi connectivity index (χ0n) is 15.3. The van der Waals surface area contributed by atoms with Gasteiger partial charge >= 0.3 is 0 Å². The van der Waals surface area contributed by atoms with Crippen molar-refractivity contribution >= 4 is 11.5 Å². The van der Waals surface area contributed by atoms with Crippen molar-refractivity contribution < 1.29 is 14.3 Å². The quantitative estimate of drug-likeness (QED) is 0.787. The lowest BCUT2D eigenvalue weighted by molar-refractivity contribution is -0.126. The number of hydrogen-bond donors (Lipinski definition) is 1. The minimum atomic E-state index is -0.598. The van der Waals surface area contributed by atoms with Crippen LogP contribution in [-0.4, -0.2) is 85.2 Å². The molecule has 0 spiro atoms. The molecule has 1 fully saturated rings. The number of hydrogen-bond acceptors (Lipinski definition) is 4. The summed E-state index contributed by atoms with van der Waals surface area (Å²) >= 11 is 0. The monoisotopic (exact) mass is 349 g/mol. The van der Waals surface area contributed by atoms with Crippen molar-refractivity contribution in [3.05, 3.63) is 41.7 Å². The van der Waals surface area contributed by atoms with Crippen LogP contribution in [0.5, 0.6) is 0 Å². The van der Waals surface area contributed by atoms with Crippen LogP contribution in [0.4, 0.5) is 4.39 Å². The van der Waals surface area contributed by atoms with E-state index in [9.17, 15) is 14.3 Å². The SMILES string of the molecule is C/C(=C/C(=O)N(C)CC(O)CN1CCN(C)CC1)c1ccccc1F. The maximum Gasteiger partial charge on any atom is 0.246 e. The van der Waals surface area contributed by atoms with Crippen LogP contribution in [0.1, 0.15) is 12.5 Å². The van der Waals surface area contributed by atoms with Gasteiger partial charge in [-0.3, -0.25) is 9.69 Å². The number of piperazine rings is 1. The predicted molar refractivity (Wildman–Crippen MR) is 97.6 cm³/mol. The van der Waals surface area contributed by atoms with Crippen LogP contribution in [-0.2, 0) is 4.79 Å². The van der Waals surface area contributed by atoms with Crippen LogP contribution in [0.15, 0.2) is 30.3 Å². The molecule has 138 valence electrons. The third kappa shape index (κ3) is 5.92. The number of carbonyl (C=O) groups is 1. The first-order valence-electron chi connectivity index (χ1n) is 8.64. The second-order valence-corrected chi connectivity index (χ2v) is 6.78. The molecule has 0 aliphatic carbocycles. The molecule has 1 aliphatic rings. The molecule has 1 unspecified atom stereocenters. The van der Waals surface area contributed by atoms with Gasteiger partial charge in [0.05, 0.1) is 6.10 Å².